The van der Waals surface area contributed by atoms with Crippen molar-refractivity contribution in [2.24, 2.45) is 0 Å². The van der Waals surface area contributed by atoms with Crippen LogP contribution in [0.4, 0.5) is 0 Å². The second-order valence-corrected chi connectivity index (χ2v) is 5.04. The molecule has 1 unspecified atom stereocenters. The van der Waals surface area contributed by atoms with Crippen LogP contribution in [-0.4, -0.2) is 16.7 Å². The zero-order valence-corrected chi connectivity index (χ0v) is 12.6. The molecule has 0 saturated carbocycles. The lowest BCUT2D eigenvalue weighted by atomic mass is 9.96. The maximum atomic E-state index is 4.35. The van der Waals surface area contributed by atoms with Crippen molar-refractivity contribution in [3.8, 4) is 0 Å². The first-order valence-corrected chi connectivity index (χ1v) is 7.35. The van der Waals surface area contributed by atoms with Gasteiger partial charge < -0.3 is 5.32 Å². The first kappa shape index (κ1) is 14.7. The molecule has 3 nitrogen and oxygen atoms in total. The van der Waals surface area contributed by atoms with E-state index < -0.39 is 0 Å². The van der Waals surface area contributed by atoms with Crippen LogP contribution < -0.4 is 5.32 Å². The Morgan fingerprint density at radius 3 is 2.50 bits per heavy atom. The lowest BCUT2D eigenvalue weighted by molar-refractivity contribution is 0.540. The summed E-state index contributed by atoms with van der Waals surface area (Å²) in [5.41, 5.74) is 4.70. The predicted molar refractivity (Wildman–Crippen MR) is 82.7 cm³/mol. The third-order valence-electron chi connectivity index (χ3n) is 3.47. The van der Waals surface area contributed by atoms with Crippen molar-refractivity contribution in [2.45, 2.75) is 39.7 Å². The molecule has 1 heterocycles. The van der Waals surface area contributed by atoms with E-state index in [1.165, 1.54) is 11.1 Å². The van der Waals surface area contributed by atoms with Crippen molar-refractivity contribution >= 4 is 0 Å². The van der Waals surface area contributed by atoms with Gasteiger partial charge in [0.05, 0.1) is 11.4 Å². The monoisotopic (exact) mass is 269 g/mol. The van der Waals surface area contributed by atoms with Gasteiger partial charge in [-0.15, -0.1) is 0 Å². The number of benzene rings is 1. The molecule has 1 aromatic carbocycles. The van der Waals surface area contributed by atoms with Crippen molar-refractivity contribution in [1.29, 1.82) is 0 Å². The lowest BCUT2D eigenvalue weighted by Gasteiger charge is -2.20. The van der Waals surface area contributed by atoms with Crippen LogP contribution >= 0.6 is 0 Å². The van der Waals surface area contributed by atoms with Gasteiger partial charge in [-0.05, 0) is 43.5 Å². The van der Waals surface area contributed by atoms with E-state index in [0.29, 0.717) is 6.04 Å². The van der Waals surface area contributed by atoms with Crippen LogP contribution in [0.3, 0.4) is 0 Å². The van der Waals surface area contributed by atoms with E-state index in [1.54, 1.807) is 0 Å². The van der Waals surface area contributed by atoms with Gasteiger partial charge in [-0.1, -0.05) is 44.2 Å². The SMILES string of the molecule is CCNC(Cc1ccccc1)c1cc(C)nnc1CC. The maximum Gasteiger partial charge on any atom is 0.0676 e. The summed E-state index contributed by atoms with van der Waals surface area (Å²) in [5, 5.41) is 12.1. The van der Waals surface area contributed by atoms with Gasteiger partial charge in [0.2, 0.25) is 0 Å². The minimum absolute atomic E-state index is 0.298. The molecule has 0 fully saturated rings. The molecule has 0 aliphatic heterocycles. The summed E-state index contributed by atoms with van der Waals surface area (Å²) >= 11 is 0. The highest BCUT2D eigenvalue weighted by molar-refractivity contribution is 5.27. The Hall–Kier alpha value is -1.74. The van der Waals surface area contributed by atoms with E-state index >= 15 is 0 Å². The van der Waals surface area contributed by atoms with Gasteiger partial charge in [0.15, 0.2) is 0 Å². The highest BCUT2D eigenvalue weighted by Crippen LogP contribution is 2.21. The summed E-state index contributed by atoms with van der Waals surface area (Å²) < 4.78 is 0. The molecular weight excluding hydrogens is 246 g/mol. The van der Waals surface area contributed by atoms with Crippen molar-refractivity contribution in [3.05, 3.63) is 58.9 Å². The Morgan fingerprint density at radius 2 is 1.85 bits per heavy atom. The minimum Gasteiger partial charge on any atom is -0.310 e. The lowest BCUT2D eigenvalue weighted by Crippen LogP contribution is -2.25. The maximum absolute atomic E-state index is 4.35. The van der Waals surface area contributed by atoms with Crippen LogP contribution in [0.2, 0.25) is 0 Å². The Labute approximate surface area is 121 Å². The number of likely N-dealkylation sites (N-methyl/N-ethyl adjacent to an activating group) is 1. The van der Waals surface area contributed by atoms with Gasteiger partial charge in [0, 0.05) is 6.04 Å². The first-order chi connectivity index (χ1) is 9.74. The van der Waals surface area contributed by atoms with Crippen LogP contribution in [0.15, 0.2) is 36.4 Å². The number of nitrogens with zero attached hydrogens (tertiary/aromatic N) is 2. The second-order valence-electron chi connectivity index (χ2n) is 5.04. The zero-order chi connectivity index (χ0) is 14.4. The number of nitrogens with one attached hydrogen (secondary N) is 1. The molecule has 0 bridgehead atoms. The Bertz CT molecular complexity index is 537. The van der Waals surface area contributed by atoms with E-state index in [-0.39, 0.29) is 0 Å². The standard InChI is InChI=1S/C17H23N3/c1-4-16-15(11-13(3)19-20-16)17(18-5-2)12-14-9-7-6-8-10-14/h6-11,17-18H,4-5,12H2,1-3H3. The number of hydrogen-bond donors (Lipinski definition) is 1. The quantitative estimate of drug-likeness (QED) is 0.875. The fraction of sp³-hybridized carbons (Fsp3) is 0.412. The van der Waals surface area contributed by atoms with E-state index in [1.807, 2.05) is 6.92 Å². The fourth-order valence-corrected chi connectivity index (χ4v) is 2.50. The van der Waals surface area contributed by atoms with Crippen LogP contribution in [0, 0.1) is 6.92 Å². The summed E-state index contributed by atoms with van der Waals surface area (Å²) in [4.78, 5) is 0. The molecule has 0 radical (unpaired) electrons. The third-order valence-corrected chi connectivity index (χ3v) is 3.47. The summed E-state index contributed by atoms with van der Waals surface area (Å²) in [5.74, 6) is 0. The highest BCUT2D eigenvalue weighted by Gasteiger charge is 2.16. The Morgan fingerprint density at radius 1 is 1.10 bits per heavy atom. The van der Waals surface area contributed by atoms with E-state index in [9.17, 15) is 0 Å². The van der Waals surface area contributed by atoms with E-state index in [4.69, 9.17) is 0 Å². The molecule has 0 amide bonds. The zero-order valence-electron chi connectivity index (χ0n) is 12.6. The molecular formula is C17H23N3. The average Bonchev–Trinajstić information content (AvgIpc) is 2.48. The van der Waals surface area contributed by atoms with Crippen LogP contribution in [0.1, 0.15) is 42.4 Å². The van der Waals surface area contributed by atoms with Crippen molar-refractivity contribution in [1.82, 2.24) is 15.5 Å². The van der Waals surface area contributed by atoms with Crippen LogP contribution in [0.25, 0.3) is 0 Å². The minimum atomic E-state index is 0.298. The van der Waals surface area contributed by atoms with Gasteiger partial charge in [0.1, 0.15) is 0 Å². The normalized spacial score (nSPS) is 12.3. The highest BCUT2D eigenvalue weighted by atomic mass is 15.1. The molecule has 0 saturated heterocycles. The van der Waals surface area contributed by atoms with E-state index in [0.717, 1.165) is 30.8 Å². The van der Waals surface area contributed by atoms with Gasteiger partial charge in [-0.3, -0.25) is 0 Å². The average molecular weight is 269 g/mol. The molecule has 2 rings (SSSR count). The van der Waals surface area contributed by atoms with Crippen molar-refractivity contribution < 1.29 is 0 Å². The van der Waals surface area contributed by atoms with Gasteiger partial charge in [-0.25, -0.2) is 0 Å². The van der Waals surface area contributed by atoms with Gasteiger partial charge >= 0.3 is 0 Å². The molecule has 2 aromatic rings. The Kier molecular flexibility index (Phi) is 5.24. The summed E-state index contributed by atoms with van der Waals surface area (Å²) in [6.07, 6.45) is 1.89. The molecule has 0 aliphatic rings. The van der Waals surface area contributed by atoms with Crippen LogP contribution in [-0.2, 0) is 12.8 Å². The van der Waals surface area contributed by atoms with Gasteiger partial charge in [-0.2, -0.15) is 10.2 Å². The topological polar surface area (TPSA) is 37.8 Å². The summed E-state index contributed by atoms with van der Waals surface area (Å²) in [6, 6.07) is 13.1. The molecule has 1 aromatic heterocycles. The molecule has 106 valence electrons. The van der Waals surface area contributed by atoms with Crippen molar-refractivity contribution in [2.75, 3.05) is 6.54 Å². The molecule has 0 spiro atoms. The summed E-state index contributed by atoms with van der Waals surface area (Å²) in [6.45, 7) is 7.23. The Balaban J connectivity index is 2.30. The van der Waals surface area contributed by atoms with Gasteiger partial charge in [0.25, 0.3) is 0 Å². The molecule has 20 heavy (non-hydrogen) atoms. The second kappa shape index (κ2) is 7.15. The molecule has 0 aliphatic carbocycles. The van der Waals surface area contributed by atoms with Crippen LogP contribution in [0.5, 0.6) is 0 Å². The molecule has 1 N–H and O–H groups in total. The third kappa shape index (κ3) is 3.64. The first-order valence-electron chi connectivity index (χ1n) is 7.35. The number of hydrogen-bond acceptors (Lipinski definition) is 3. The summed E-state index contributed by atoms with van der Waals surface area (Å²) in [7, 11) is 0. The molecule has 3 heteroatoms. The number of aromatic nitrogens is 2. The van der Waals surface area contributed by atoms with Crippen molar-refractivity contribution in [3.63, 3.8) is 0 Å². The molecule has 1 atom stereocenters. The smallest absolute Gasteiger partial charge is 0.0676 e. The fourth-order valence-electron chi connectivity index (χ4n) is 2.50. The number of rotatable bonds is 6. The van der Waals surface area contributed by atoms with E-state index in [2.05, 4.69) is 65.8 Å². The predicted octanol–water partition coefficient (Wildman–Crippen LogP) is 3.24. The number of aryl methyl sites for hydroxylation is 2. The largest absolute Gasteiger partial charge is 0.310 e.